The maximum Gasteiger partial charge on any atom is 0.191 e. The lowest BCUT2D eigenvalue weighted by molar-refractivity contribution is 0.352. The Labute approximate surface area is 120 Å². The van der Waals surface area contributed by atoms with Gasteiger partial charge in [-0.3, -0.25) is 0 Å². The molecule has 0 fully saturated rings. The predicted octanol–water partition coefficient (Wildman–Crippen LogP) is 1.81. The van der Waals surface area contributed by atoms with Crippen molar-refractivity contribution in [2.24, 2.45) is 10.7 Å². The van der Waals surface area contributed by atoms with Gasteiger partial charge in [-0.05, 0) is 24.1 Å². The fourth-order valence-electron chi connectivity index (χ4n) is 1.82. The number of benzene rings is 1. The van der Waals surface area contributed by atoms with Crippen LogP contribution in [0.5, 0.6) is 11.5 Å². The van der Waals surface area contributed by atoms with Crippen molar-refractivity contribution in [2.75, 3.05) is 28.3 Å². The second kappa shape index (κ2) is 7.43. The third-order valence-electron chi connectivity index (χ3n) is 2.86. The van der Waals surface area contributed by atoms with Gasteiger partial charge in [-0.25, -0.2) is 4.99 Å². The van der Waals surface area contributed by atoms with Gasteiger partial charge in [-0.2, -0.15) is 0 Å². The fraction of sp³-hybridized carbons (Fsp3) is 0.400. The van der Waals surface area contributed by atoms with Gasteiger partial charge < -0.3 is 20.1 Å². The van der Waals surface area contributed by atoms with Gasteiger partial charge in [0.05, 0.1) is 20.8 Å². The van der Waals surface area contributed by atoms with Gasteiger partial charge in [0.15, 0.2) is 17.5 Å². The number of hydrogen-bond acceptors (Lipinski definition) is 3. The van der Waals surface area contributed by atoms with Crippen molar-refractivity contribution in [3.8, 4) is 11.5 Å². The first kappa shape index (κ1) is 15.9. The summed E-state index contributed by atoms with van der Waals surface area (Å²) in [4.78, 5) is 6.09. The number of guanidine groups is 1. The lowest BCUT2D eigenvalue weighted by atomic mass is 10.1. The number of ether oxygens (including phenoxy) is 2. The van der Waals surface area contributed by atoms with Crippen LogP contribution in [0.3, 0.4) is 0 Å². The van der Waals surface area contributed by atoms with Crippen LogP contribution >= 0.6 is 0 Å². The van der Waals surface area contributed by atoms with Crippen molar-refractivity contribution in [1.82, 2.24) is 4.90 Å². The normalized spacial score (nSPS) is 11.1. The number of allylic oxidation sites excluding steroid dienone is 1. The Morgan fingerprint density at radius 2 is 2.05 bits per heavy atom. The molecule has 0 spiro atoms. The molecule has 0 aliphatic rings. The molecule has 5 nitrogen and oxygen atoms in total. The molecule has 0 aliphatic heterocycles. The summed E-state index contributed by atoms with van der Waals surface area (Å²) in [5.74, 6) is 1.92. The summed E-state index contributed by atoms with van der Waals surface area (Å²) in [5.41, 5.74) is 7.83. The van der Waals surface area contributed by atoms with Crippen molar-refractivity contribution in [1.29, 1.82) is 0 Å². The Bertz CT molecular complexity index is 496. The second-order valence-corrected chi connectivity index (χ2v) is 4.55. The SMILES string of the molecule is C=CCc1cc(CN=C(N)N(C)C)cc(OC)c1OC. The Morgan fingerprint density at radius 1 is 1.35 bits per heavy atom. The predicted molar refractivity (Wildman–Crippen MR) is 82.5 cm³/mol. The van der Waals surface area contributed by atoms with E-state index < -0.39 is 0 Å². The summed E-state index contributed by atoms with van der Waals surface area (Å²) in [6.07, 6.45) is 2.54. The zero-order valence-electron chi connectivity index (χ0n) is 12.6. The molecule has 110 valence electrons. The van der Waals surface area contributed by atoms with E-state index in [1.165, 1.54) is 0 Å². The van der Waals surface area contributed by atoms with E-state index >= 15 is 0 Å². The number of aliphatic imine (C=N–C) groups is 1. The maximum absolute atomic E-state index is 5.79. The Kier molecular flexibility index (Phi) is 5.90. The molecule has 0 saturated heterocycles. The zero-order valence-corrected chi connectivity index (χ0v) is 12.6. The van der Waals surface area contributed by atoms with E-state index in [1.54, 1.807) is 19.1 Å². The molecule has 0 saturated carbocycles. The van der Waals surface area contributed by atoms with Gasteiger partial charge in [0.25, 0.3) is 0 Å². The van der Waals surface area contributed by atoms with Gasteiger partial charge in [0, 0.05) is 19.7 Å². The summed E-state index contributed by atoms with van der Waals surface area (Å²) in [6, 6.07) is 3.95. The number of methoxy groups -OCH3 is 2. The van der Waals surface area contributed by atoms with Crippen LogP contribution in [0.15, 0.2) is 29.8 Å². The summed E-state index contributed by atoms with van der Waals surface area (Å²) in [7, 11) is 6.97. The zero-order chi connectivity index (χ0) is 15.1. The number of hydrogen-bond donors (Lipinski definition) is 1. The summed E-state index contributed by atoms with van der Waals surface area (Å²) < 4.78 is 10.8. The Hall–Kier alpha value is -2.17. The minimum atomic E-state index is 0.491. The van der Waals surface area contributed by atoms with Crippen LogP contribution in [0.4, 0.5) is 0 Å². The molecule has 0 aromatic heterocycles. The van der Waals surface area contributed by atoms with Gasteiger partial charge in [-0.15, -0.1) is 6.58 Å². The lowest BCUT2D eigenvalue weighted by Crippen LogP contribution is -2.30. The van der Waals surface area contributed by atoms with E-state index in [4.69, 9.17) is 15.2 Å². The first-order valence-electron chi connectivity index (χ1n) is 6.35. The molecule has 0 unspecified atom stereocenters. The van der Waals surface area contributed by atoms with E-state index in [0.29, 0.717) is 24.7 Å². The highest BCUT2D eigenvalue weighted by molar-refractivity contribution is 5.77. The van der Waals surface area contributed by atoms with E-state index in [2.05, 4.69) is 11.6 Å². The average Bonchev–Trinajstić information content (AvgIpc) is 2.44. The molecule has 1 rings (SSSR count). The van der Waals surface area contributed by atoms with E-state index in [0.717, 1.165) is 16.9 Å². The summed E-state index contributed by atoms with van der Waals surface area (Å²) in [5, 5.41) is 0. The standard InChI is InChI=1S/C15H23N3O2/c1-6-7-12-8-11(10-17-15(16)18(2)3)9-13(19-4)14(12)20-5/h6,8-9H,1,7,10H2,2-5H3,(H2,16,17). The van der Waals surface area contributed by atoms with Crippen molar-refractivity contribution in [2.45, 2.75) is 13.0 Å². The lowest BCUT2D eigenvalue weighted by Gasteiger charge is -2.14. The Balaban J connectivity index is 3.12. The van der Waals surface area contributed by atoms with E-state index in [1.807, 2.05) is 32.3 Å². The number of nitrogens with zero attached hydrogens (tertiary/aromatic N) is 2. The molecule has 1 aromatic rings. The Morgan fingerprint density at radius 3 is 2.55 bits per heavy atom. The quantitative estimate of drug-likeness (QED) is 0.489. The highest BCUT2D eigenvalue weighted by Crippen LogP contribution is 2.33. The van der Waals surface area contributed by atoms with Crippen LogP contribution in [-0.4, -0.2) is 39.2 Å². The molecular weight excluding hydrogens is 254 g/mol. The smallest absolute Gasteiger partial charge is 0.191 e. The fourth-order valence-corrected chi connectivity index (χ4v) is 1.82. The largest absolute Gasteiger partial charge is 0.493 e. The monoisotopic (exact) mass is 277 g/mol. The van der Waals surface area contributed by atoms with Crippen LogP contribution in [0.25, 0.3) is 0 Å². The van der Waals surface area contributed by atoms with Gasteiger partial charge in [0.1, 0.15) is 0 Å². The molecule has 0 aliphatic carbocycles. The number of rotatable bonds is 6. The van der Waals surface area contributed by atoms with Crippen LogP contribution in [-0.2, 0) is 13.0 Å². The molecule has 1 aromatic carbocycles. The highest BCUT2D eigenvalue weighted by atomic mass is 16.5. The molecule has 0 bridgehead atoms. The van der Waals surface area contributed by atoms with Crippen LogP contribution in [0.1, 0.15) is 11.1 Å². The second-order valence-electron chi connectivity index (χ2n) is 4.55. The van der Waals surface area contributed by atoms with Gasteiger partial charge in [-0.1, -0.05) is 6.08 Å². The van der Waals surface area contributed by atoms with E-state index in [-0.39, 0.29) is 0 Å². The van der Waals surface area contributed by atoms with Crippen LogP contribution in [0, 0.1) is 0 Å². The summed E-state index contributed by atoms with van der Waals surface area (Å²) >= 11 is 0. The molecule has 20 heavy (non-hydrogen) atoms. The minimum absolute atomic E-state index is 0.491. The van der Waals surface area contributed by atoms with Gasteiger partial charge in [0.2, 0.25) is 0 Å². The third kappa shape index (κ3) is 3.91. The molecule has 0 atom stereocenters. The average molecular weight is 277 g/mol. The van der Waals surface area contributed by atoms with Crippen LogP contribution in [0.2, 0.25) is 0 Å². The molecule has 2 N–H and O–H groups in total. The first-order chi connectivity index (χ1) is 9.53. The van der Waals surface area contributed by atoms with Crippen molar-refractivity contribution in [3.05, 3.63) is 35.9 Å². The third-order valence-corrected chi connectivity index (χ3v) is 2.86. The molecule has 0 radical (unpaired) electrons. The van der Waals surface area contributed by atoms with Gasteiger partial charge >= 0.3 is 0 Å². The minimum Gasteiger partial charge on any atom is -0.493 e. The highest BCUT2D eigenvalue weighted by Gasteiger charge is 2.11. The first-order valence-corrected chi connectivity index (χ1v) is 6.35. The molecule has 0 heterocycles. The maximum atomic E-state index is 5.79. The molecular formula is C15H23N3O2. The van der Waals surface area contributed by atoms with Crippen LogP contribution < -0.4 is 15.2 Å². The van der Waals surface area contributed by atoms with E-state index in [9.17, 15) is 0 Å². The molecule has 0 amide bonds. The van der Waals surface area contributed by atoms with Crippen molar-refractivity contribution in [3.63, 3.8) is 0 Å². The topological polar surface area (TPSA) is 60.1 Å². The van der Waals surface area contributed by atoms with Crippen molar-refractivity contribution < 1.29 is 9.47 Å². The van der Waals surface area contributed by atoms with Crippen molar-refractivity contribution >= 4 is 5.96 Å². The molecule has 5 heteroatoms. The summed E-state index contributed by atoms with van der Waals surface area (Å²) in [6.45, 7) is 4.26. The number of nitrogens with two attached hydrogens (primary N) is 1.